The van der Waals surface area contributed by atoms with E-state index in [1.807, 2.05) is 30.3 Å². The Bertz CT molecular complexity index is 597. The fourth-order valence-electron chi connectivity index (χ4n) is 1.60. The van der Waals surface area contributed by atoms with Gasteiger partial charge in [0.1, 0.15) is 12.2 Å². The van der Waals surface area contributed by atoms with Crippen LogP contribution in [0.2, 0.25) is 10.0 Å². The van der Waals surface area contributed by atoms with Gasteiger partial charge in [0, 0.05) is 5.02 Å². The number of aromatic carboxylic acids is 1. The molecule has 0 aliphatic heterocycles. The van der Waals surface area contributed by atoms with Crippen molar-refractivity contribution in [2.45, 2.75) is 6.61 Å². The van der Waals surface area contributed by atoms with Gasteiger partial charge in [-0.2, -0.15) is 0 Å². The lowest BCUT2D eigenvalue weighted by molar-refractivity contribution is 0.0691. The fourth-order valence-corrected chi connectivity index (χ4v) is 2.14. The van der Waals surface area contributed by atoms with Gasteiger partial charge in [0.2, 0.25) is 0 Å². The Labute approximate surface area is 120 Å². The third-order valence-corrected chi connectivity index (χ3v) is 2.96. The SMILES string of the molecule is O=C(O)c1cc(Cl)cc(Cl)c1OCc1ccccc1. The maximum absolute atomic E-state index is 11.1. The highest BCUT2D eigenvalue weighted by Gasteiger charge is 2.16. The van der Waals surface area contributed by atoms with Crippen LogP contribution in [0.15, 0.2) is 42.5 Å². The van der Waals surface area contributed by atoms with Gasteiger partial charge in [-0.05, 0) is 17.7 Å². The molecule has 0 aliphatic carbocycles. The lowest BCUT2D eigenvalue weighted by atomic mass is 10.2. The molecular formula is C14H10Cl2O3. The van der Waals surface area contributed by atoms with E-state index in [-0.39, 0.29) is 28.0 Å². The van der Waals surface area contributed by atoms with Crippen LogP contribution in [0.4, 0.5) is 0 Å². The van der Waals surface area contributed by atoms with Crippen molar-refractivity contribution in [3.05, 3.63) is 63.6 Å². The van der Waals surface area contributed by atoms with Crippen molar-refractivity contribution < 1.29 is 14.6 Å². The number of ether oxygens (including phenoxy) is 1. The van der Waals surface area contributed by atoms with Gasteiger partial charge in [-0.1, -0.05) is 53.5 Å². The van der Waals surface area contributed by atoms with Gasteiger partial charge in [-0.3, -0.25) is 0 Å². The zero-order chi connectivity index (χ0) is 13.8. The quantitative estimate of drug-likeness (QED) is 0.916. The Kier molecular flexibility index (Phi) is 4.30. The van der Waals surface area contributed by atoms with Gasteiger partial charge >= 0.3 is 5.97 Å². The van der Waals surface area contributed by atoms with Crippen LogP contribution in [0.25, 0.3) is 0 Å². The highest BCUT2D eigenvalue weighted by molar-refractivity contribution is 6.36. The molecule has 0 aliphatic rings. The molecule has 0 saturated heterocycles. The van der Waals surface area contributed by atoms with Crippen molar-refractivity contribution in [3.63, 3.8) is 0 Å². The minimum absolute atomic E-state index is 0.0477. The van der Waals surface area contributed by atoms with E-state index >= 15 is 0 Å². The number of halogens is 2. The molecule has 0 aromatic heterocycles. The van der Waals surface area contributed by atoms with Gasteiger partial charge in [0.15, 0.2) is 5.75 Å². The maximum Gasteiger partial charge on any atom is 0.339 e. The number of carbonyl (C=O) groups is 1. The molecule has 0 heterocycles. The van der Waals surface area contributed by atoms with Gasteiger partial charge in [-0.15, -0.1) is 0 Å². The second-order valence-corrected chi connectivity index (χ2v) is 4.69. The molecule has 0 amide bonds. The van der Waals surface area contributed by atoms with Crippen molar-refractivity contribution in [1.29, 1.82) is 0 Å². The van der Waals surface area contributed by atoms with Crippen LogP contribution in [0, 0.1) is 0 Å². The van der Waals surface area contributed by atoms with E-state index in [2.05, 4.69) is 0 Å². The molecule has 0 saturated carbocycles. The van der Waals surface area contributed by atoms with E-state index in [0.29, 0.717) is 0 Å². The molecule has 0 bridgehead atoms. The van der Waals surface area contributed by atoms with E-state index in [1.165, 1.54) is 12.1 Å². The van der Waals surface area contributed by atoms with Gasteiger partial charge in [0.05, 0.1) is 5.02 Å². The monoisotopic (exact) mass is 296 g/mol. The van der Waals surface area contributed by atoms with Crippen molar-refractivity contribution >= 4 is 29.2 Å². The van der Waals surface area contributed by atoms with Crippen LogP contribution < -0.4 is 4.74 Å². The van der Waals surface area contributed by atoms with Crippen molar-refractivity contribution in [3.8, 4) is 5.75 Å². The summed E-state index contributed by atoms with van der Waals surface area (Å²) in [6.45, 7) is 0.239. The number of benzene rings is 2. The Morgan fingerprint density at radius 3 is 2.47 bits per heavy atom. The summed E-state index contributed by atoms with van der Waals surface area (Å²) in [5.74, 6) is -1.00. The fraction of sp³-hybridized carbons (Fsp3) is 0.0714. The third-order valence-electron chi connectivity index (χ3n) is 2.46. The molecule has 3 nitrogen and oxygen atoms in total. The normalized spacial score (nSPS) is 10.2. The van der Waals surface area contributed by atoms with E-state index < -0.39 is 5.97 Å². The third kappa shape index (κ3) is 3.40. The number of hydrogen-bond donors (Lipinski definition) is 1. The van der Waals surface area contributed by atoms with Crippen LogP contribution in [0.1, 0.15) is 15.9 Å². The summed E-state index contributed by atoms with van der Waals surface area (Å²) in [4.78, 5) is 11.1. The van der Waals surface area contributed by atoms with Crippen molar-refractivity contribution in [2.75, 3.05) is 0 Å². The molecule has 0 radical (unpaired) electrons. The summed E-state index contributed by atoms with van der Waals surface area (Å²) >= 11 is 11.8. The first-order valence-electron chi connectivity index (χ1n) is 5.47. The average Bonchev–Trinajstić information content (AvgIpc) is 2.38. The molecule has 0 fully saturated rings. The summed E-state index contributed by atoms with van der Waals surface area (Å²) in [5.41, 5.74) is 0.873. The lowest BCUT2D eigenvalue weighted by Gasteiger charge is -2.11. The van der Waals surface area contributed by atoms with Crippen LogP contribution >= 0.6 is 23.2 Å². The number of carboxylic acids is 1. The Hall–Kier alpha value is -1.71. The average molecular weight is 297 g/mol. The van der Waals surface area contributed by atoms with Gasteiger partial charge in [0.25, 0.3) is 0 Å². The molecule has 0 unspecified atom stereocenters. The van der Waals surface area contributed by atoms with Crippen molar-refractivity contribution in [2.24, 2.45) is 0 Å². The Balaban J connectivity index is 2.27. The molecule has 2 aromatic carbocycles. The molecule has 2 rings (SSSR count). The minimum atomic E-state index is -1.13. The molecule has 19 heavy (non-hydrogen) atoms. The summed E-state index contributed by atoms with van der Waals surface area (Å²) < 4.78 is 5.50. The molecule has 1 N–H and O–H groups in total. The first kappa shape index (κ1) is 13.7. The zero-order valence-corrected chi connectivity index (χ0v) is 11.3. The molecule has 98 valence electrons. The minimum Gasteiger partial charge on any atom is -0.486 e. The standard InChI is InChI=1S/C14H10Cl2O3/c15-10-6-11(14(17)18)13(12(16)7-10)19-8-9-4-2-1-3-5-9/h1-7H,8H2,(H,17,18). The maximum atomic E-state index is 11.1. The predicted octanol–water partition coefficient (Wildman–Crippen LogP) is 4.27. The topological polar surface area (TPSA) is 46.5 Å². The van der Waals surface area contributed by atoms with E-state index in [0.717, 1.165) is 5.56 Å². The van der Waals surface area contributed by atoms with Crippen LogP contribution in [-0.4, -0.2) is 11.1 Å². The smallest absolute Gasteiger partial charge is 0.339 e. The van der Waals surface area contributed by atoms with E-state index in [9.17, 15) is 4.79 Å². The second kappa shape index (κ2) is 5.95. The first-order chi connectivity index (χ1) is 9.08. The summed E-state index contributed by atoms with van der Waals surface area (Å²) in [6.07, 6.45) is 0. The largest absolute Gasteiger partial charge is 0.486 e. The number of rotatable bonds is 4. The van der Waals surface area contributed by atoms with E-state index in [1.54, 1.807) is 0 Å². The van der Waals surface area contributed by atoms with Crippen molar-refractivity contribution in [1.82, 2.24) is 0 Å². The second-order valence-electron chi connectivity index (χ2n) is 3.84. The molecule has 2 aromatic rings. The molecule has 0 atom stereocenters. The first-order valence-corrected chi connectivity index (χ1v) is 6.22. The van der Waals surface area contributed by atoms with Gasteiger partial charge < -0.3 is 9.84 Å². The van der Waals surface area contributed by atoms with E-state index in [4.69, 9.17) is 33.0 Å². The highest BCUT2D eigenvalue weighted by atomic mass is 35.5. The number of carboxylic acid groups (broad SMARTS) is 1. The Morgan fingerprint density at radius 1 is 1.16 bits per heavy atom. The van der Waals surface area contributed by atoms with Crippen LogP contribution in [-0.2, 0) is 6.61 Å². The highest BCUT2D eigenvalue weighted by Crippen LogP contribution is 2.33. The molecular weight excluding hydrogens is 287 g/mol. The number of hydrogen-bond acceptors (Lipinski definition) is 2. The molecule has 5 heteroatoms. The van der Waals surface area contributed by atoms with Crippen LogP contribution in [0.5, 0.6) is 5.75 Å². The summed E-state index contributed by atoms with van der Waals surface area (Å²) in [7, 11) is 0. The lowest BCUT2D eigenvalue weighted by Crippen LogP contribution is -2.04. The van der Waals surface area contributed by atoms with Crippen LogP contribution in [0.3, 0.4) is 0 Å². The predicted molar refractivity (Wildman–Crippen MR) is 74.2 cm³/mol. The Morgan fingerprint density at radius 2 is 1.84 bits per heavy atom. The molecule has 0 spiro atoms. The summed E-state index contributed by atoms with van der Waals surface area (Å²) in [6, 6.07) is 12.2. The zero-order valence-electron chi connectivity index (χ0n) is 9.77. The summed E-state index contributed by atoms with van der Waals surface area (Å²) in [5, 5.41) is 9.55. The van der Waals surface area contributed by atoms with Gasteiger partial charge in [-0.25, -0.2) is 4.79 Å².